The second-order valence-corrected chi connectivity index (χ2v) is 6.68. The fourth-order valence-electron chi connectivity index (χ4n) is 2.43. The number of halogens is 1. The van der Waals surface area contributed by atoms with E-state index in [1.54, 1.807) is 48.5 Å². The number of rotatable bonds is 8. The molecule has 0 radical (unpaired) electrons. The number of ether oxygens (including phenoxy) is 2. The minimum absolute atomic E-state index is 0.0731. The lowest BCUT2D eigenvalue weighted by atomic mass is 10.2. The van der Waals surface area contributed by atoms with Crippen LogP contribution in [0.1, 0.15) is 15.9 Å². The zero-order chi connectivity index (χ0) is 22.9. The van der Waals surface area contributed by atoms with E-state index in [1.165, 1.54) is 30.5 Å². The molecule has 0 heterocycles. The fourth-order valence-corrected chi connectivity index (χ4v) is 2.65. The van der Waals surface area contributed by atoms with E-state index in [9.17, 15) is 19.7 Å². The van der Waals surface area contributed by atoms with Gasteiger partial charge in [0, 0.05) is 12.1 Å². The van der Waals surface area contributed by atoms with Crippen LogP contribution in [0.4, 0.5) is 5.69 Å². The van der Waals surface area contributed by atoms with Gasteiger partial charge in [0.1, 0.15) is 11.5 Å². The molecule has 0 aliphatic rings. The molecular formula is C22H16ClN3O6. The normalized spacial score (nSPS) is 10.5. The first-order chi connectivity index (χ1) is 15.4. The Morgan fingerprint density at radius 3 is 2.31 bits per heavy atom. The van der Waals surface area contributed by atoms with E-state index in [4.69, 9.17) is 21.1 Å². The summed E-state index contributed by atoms with van der Waals surface area (Å²) in [5.74, 6) is -0.438. The van der Waals surface area contributed by atoms with Crippen LogP contribution in [0.2, 0.25) is 5.02 Å². The second-order valence-electron chi connectivity index (χ2n) is 6.27. The molecule has 32 heavy (non-hydrogen) atoms. The molecule has 3 aromatic carbocycles. The minimum Gasteiger partial charge on any atom is -0.484 e. The number of nitrogens with zero attached hydrogens (tertiary/aromatic N) is 2. The molecule has 0 aliphatic carbocycles. The van der Waals surface area contributed by atoms with Crippen molar-refractivity contribution in [2.75, 3.05) is 6.61 Å². The zero-order valence-corrected chi connectivity index (χ0v) is 17.2. The number of nitrogens with one attached hydrogen (secondary N) is 1. The lowest BCUT2D eigenvalue weighted by Gasteiger charge is -2.06. The highest BCUT2D eigenvalue weighted by atomic mass is 35.5. The Hall–Kier alpha value is -4.24. The standard InChI is InChI=1S/C22H16ClN3O6/c23-20-4-2-1-3-19(20)22(28)32-18-9-5-15(6-10-18)13-24-25-21(27)14-31-17-11-7-16(8-12-17)26(29)30/h1-13H,14H2,(H,25,27)/b24-13-. The van der Waals surface area contributed by atoms with E-state index in [1.807, 2.05) is 0 Å². The van der Waals surface area contributed by atoms with Crippen molar-refractivity contribution in [2.24, 2.45) is 5.10 Å². The SMILES string of the molecule is O=C(COc1ccc([N+](=O)[O-])cc1)N/N=C\c1ccc(OC(=O)c2ccccc2Cl)cc1. The van der Waals surface area contributed by atoms with Gasteiger partial charge < -0.3 is 9.47 Å². The molecule has 1 amide bonds. The summed E-state index contributed by atoms with van der Waals surface area (Å²) in [6.07, 6.45) is 1.41. The van der Waals surface area contributed by atoms with Gasteiger partial charge in [0.25, 0.3) is 11.6 Å². The summed E-state index contributed by atoms with van der Waals surface area (Å²) in [5.41, 5.74) is 3.14. The van der Waals surface area contributed by atoms with E-state index >= 15 is 0 Å². The lowest BCUT2D eigenvalue weighted by molar-refractivity contribution is -0.384. The molecule has 0 fully saturated rings. The lowest BCUT2D eigenvalue weighted by Crippen LogP contribution is -2.24. The van der Waals surface area contributed by atoms with E-state index in [-0.39, 0.29) is 17.9 Å². The van der Waals surface area contributed by atoms with Crippen LogP contribution in [0.5, 0.6) is 11.5 Å². The number of non-ortho nitro benzene ring substituents is 1. The summed E-state index contributed by atoms with van der Waals surface area (Å²) >= 11 is 5.98. The van der Waals surface area contributed by atoms with Crippen molar-refractivity contribution in [1.29, 1.82) is 0 Å². The molecule has 0 aromatic heterocycles. The summed E-state index contributed by atoms with van der Waals surface area (Å²) in [7, 11) is 0. The van der Waals surface area contributed by atoms with Crippen LogP contribution in [0, 0.1) is 10.1 Å². The summed E-state index contributed by atoms with van der Waals surface area (Å²) in [4.78, 5) is 34.0. The van der Waals surface area contributed by atoms with Gasteiger partial charge in [-0.3, -0.25) is 14.9 Å². The maximum absolute atomic E-state index is 12.2. The largest absolute Gasteiger partial charge is 0.484 e. The number of amides is 1. The van der Waals surface area contributed by atoms with Gasteiger partial charge in [0.05, 0.1) is 21.7 Å². The van der Waals surface area contributed by atoms with Crippen LogP contribution in [-0.4, -0.2) is 29.6 Å². The highest BCUT2D eigenvalue weighted by molar-refractivity contribution is 6.33. The van der Waals surface area contributed by atoms with Gasteiger partial charge in [-0.15, -0.1) is 0 Å². The molecule has 0 saturated carbocycles. The Balaban J connectivity index is 1.46. The highest BCUT2D eigenvalue weighted by Crippen LogP contribution is 2.19. The molecule has 0 aliphatic heterocycles. The molecular weight excluding hydrogens is 438 g/mol. The molecule has 162 valence electrons. The predicted molar refractivity (Wildman–Crippen MR) is 117 cm³/mol. The van der Waals surface area contributed by atoms with Gasteiger partial charge in [-0.1, -0.05) is 23.7 Å². The van der Waals surface area contributed by atoms with Gasteiger partial charge in [-0.25, -0.2) is 10.2 Å². The molecule has 1 N–H and O–H groups in total. The maximum Gasteiger partial charge on any atom is 0.345 e. The predicted octanol–water partition coefficient (Wildman–Crippen LogP) is 4.00. The number of carbonyl (C=O) groups is 2. The third kappa shape index (κ3) is 6.38. The van der Waals surface area contributed by atoms with Crippen molar-refractivity contribution in [3.05, 3.63) is 99.1 Å². The third-order valence-corrected chi connectivity index (χ3v) is 4.33. The van der Waals surface area contributed by atoms with Gasteiger partial charge >= 0.3 is 5.97 Å². The molecule has 0 saturated heterocycles. The first kappa shape index (κ1) is 22.4. The van der Waals surface area contributed by atoms with Crippen LogP contribution in [0.15, 0.2) is 77.9 Å². The van der Waals surface area contributed by atoms with Gasteiger partial charge in [-0.05, 0) is 54.1 Å². The van der Waals surface area contributed by atoms with Crippen LogP contribution in [0.25, 0.3) is 0 Å². The molecule has 3 rings (SSSR count). The van der Waals surface area contributed by atoms with Crippen molar-refractivity contribution in [3.8, 4) is 11.5 Å². The summed E-state index contributed by atoms with van der Waals surface area (Å²) in [5, 5.41) is 14.7. The average Bonchev–Trinajstić information content (AvgIpc) is 2.79. The van der Waals surface area contributed by atoms with Crippen molar-refractivity contribution >= 4 is 35.4 Å². The first-order valence-corrected chi connectivity index (χ1v) is 9.56. The fraction of sp³-hybridized carbons (Fsp3) is 0.0455. The number of nitro groups is 1. The molecule has 3 aromatic rings. The molecule has 0 spiro atoms. The second kappa shape index (κ2) is 10.7. The molecule has 0 bridgehead atoms. The first-order valence-electron chi connectivity index (χ1n) is 9.18. The molecule has 9 nitrogen and oxygen atoms in total. The van der Waals surface area contributed by atoms with E-state index in [0.717, 1.165) is 0 Å². The summed E-state index contributed by atoms with van der Waals surface area (Å²) in [6.45, 7) is -0.313. The third-order valence-electron chi connectivity index (χ3n) is 4.00. The van der Waals surface area contributed by atoms with Gasteiger partial charge in [0.2, 0.25) is 0 Å². The molecule has 10 heteroatoms. The Kier molecular flexibility index (Phi) is 7.50. The van der Waals surface area contributed by atoms with Crippen molar-refractivity contribution < 1.29 is 24.0 Å². The van der Waals surface area contributed by atoms with Crippen LogP contribution >= 0.6 is 11.6 Å². The topological polar surface area (TPSA) is 120 Å². The Morgan fingerprint density at radius 2 is 1.66 bits per heavy atom. The number of hydrogen-bond donors (Lipinski definition) is 1. The van der Waals surface area contributed by atoms with E-state index in [2.05, 4.69) is 10.5 Å². The Morgan fingerprint density at radius 1 is 1.00 bits per heavy atom. The highest BCUT2D eigenvalue weighted by Gasteiger charge is 2.12. The smallest absolute Gasteiger partial charge is 0.345 e. The Labute approximate surface area is 187 Å². The van der Waals surface area contributed by atoms with Gasteiger partial charge in [0.15, 0.2) is 6.61 Å². The van der Waals surface area contributed by atoms with Crippen LogP contribution in [0.3, 0.4) is 0 Å². The average molecular weight is 454 g/mol. The summed E-state index contributed by atoms with van der Waals surface area (Å²) in [6, 6.07) is 18.4. The number of esters is 1. The zero-order valence-electron chi connectivity index (χ0n) is 16.4. The van der Waals surface area contributed by atoms with Crippen LogP contribution < -0.4 is 14.9 Å². The van der Waals surface area contributed by atoms with Crippen molar-refractivity contribution in [1.82, 2.24) is 5.43 Å². The minimum atomic E-state index is -0.572. The van der Waals surface area contributed by atoms with Crippen molar-refractivity contribution in [2.45, 2.75) is 0 Å². The molecule has 0 atom stereocenters. The quantitative estimate of drug-likeness (QED) is 0.181. The number of carbonyl (C=O) groups excluding carboxylic acids is 2. The number of nitro benzene ring substituents is 1. The number of hydrogen-bond acceptors (Lipinski definition) is 7. The molecule has 0 unspecified atom stereocenters. The number of hydrazone groups is 1. The number of benzene rings is 3. The van der Waals surface area contributed by atoms with E-state index < -0.39 is 16.8 Å². The van der Waals surface area contributed by atoms with Crippen LogP contribution in [-0.2, 0) is 4.79 Å². The van der Waals surface area contributed by atoms with E-state index in [0.29, 0.717) is 22.1 Å². The monoisotopic (exact) mass is 453 g/mol. The summed E-state index contributed by atoms with van der Waals surface area (Å²) < 4.78 is 10.5. The van der Waals surface area contributed by atoms with Crippen molar-refractivity contribution in [3.63, 3.8) is 0 Å². The Bertz CT molecular complexity index is 1150. The maximum atomic E-state index is 12.2. The van der Waals surface area contributed by atoms with Gasteiger partial charge in [-0.2, -0.15) is 5.10 Å².